The van der Waals surface area contributed by atoms with Crippen molar-refractivity contribution in [2.45, 2.75) is 46.3 Å². The monoisotopic (exact) mass is 516 g/mol. The number of benzene rings is 1. The number of hydrogen-bond acceptors (Lipinski definition) is 9. The standard InChI is InChI=1S/C27H28N6O5/c1-17-14-18(2)33(31-17)24-15-23(28-25(30-24)22-12-11-19(3)37-22)29-26(34)21-10-7-13-32(21)38-27(35)36-16-20-8-5-4-6-9-20/h4-6,8-9,11-12,14-15,21H,7,10,13,16H2,1-3H3,(H,28,29,30,34). The van der Waals surface area contributed by atoms with Gasteiger partial charge in [0, 0.05) is 18.3 Å². The molecule has 11 heteroatoms. The average molecular weight is 517 g/mol. The van der Waals surface area contributed by atoms with Crippen molar-refractivity contribution in [3.8, 4) is 17.4 Å². The zero-order valence-electron chi connectivity index (χ0n) is 21.4. The summed E-state index contributed by atoms with van der Waals surface area (Å²) in [4.78, 5) is 40.0. The first-order valence-electron chi connectivity index (χ1n) is 12.3. The molecule has 0 saturated carbocycles. The summed E-state index contributed by atoms with van der Waals surface area (Å²) >= 11 is 0. The molecule has 4 aromatic rings. The van der Waals surface area contributed by atoms with Gasteiger partial charge in [-0.15, -0.1) is 5.06 Å². The molecule has 1 amide bonds. The van der Waals surface area contributed by atoms with Crippen LogP contribution in [-0.2, 0) is 21.0 Å². The Morgan fingerprint density at radius 2 is 1.89 bits per heavy atom. The highest BCUT2D eigenvalue weighted by atomic mass is 16.8. The summed E-state index contributed by atoms with van der Waals surface area (Å²) in [7, 11) is 0. The summed E-state index contributed by atoms with van der Waals surface area (Å²) in [6.45, 7) is 6.13. The molecule has 1 aliphatic heterocycles. The molecule has 1 aromatic carbocycles. The molecule has 196 valence electrons. The third-order valence-electron chi connectivity index (χ3n) is 6.05. The van der Waals surface area contributed by atoms with E-state index in [0.717, 1.165) is 17.0 Å². The average Bonchev–Trinajstić information content (AvgIpc) is 3.63. The van der Waals surface area contributed by atoms with Gasteiger partial charge in [-0.05, 0) is 57.4 Å². The van der Waals surface area contributed by atoms with Gasteiger partial charge in [-0.1, -0.05) is 30.3 Å². The van der Waals surface area contributed by atoms with Gasteiger partial charge in [-0.2, -0.15) is 5.10 Å². The van der Waals surface area contributed by atoms with Crippen LogP contribution in [0.3, 0.4) is 0 Å². The molecular formula is C27H28N6O5. The van der Waals surface area contributed by atoms with Crippen LogP contribution in [0.5, 0.6) is 0 Å². The highest BCUT2D eigenvalue weighted by Crippen LogP contribution is 2.24. The van der Waals surface area contributed by atoms with Crippen LogP contribution in [-0.4, -0.2) is 49.5 Å². The van der Waals surface area contributed by atoms with E-state index < -0.39 is 12.2 Å². The first-order chi connectivity index (χ1) is 18.4. The normalized spacial score (nSPS) is 15.4. The third-order valence-corrected chi connectivity index (χ3v) is 6.05. The van der Waals surface area contributed by atoms with E-state index in [1.807, 2.05) is 63.2 Å². The SMILES string of the molecule is Cc1cc(C)n(-c2cc(NC(=O)C3CCCN3OC(=O)OCc3ccccc3)nc(-c3ccc(C)o3)n2)n1. The molecule has 0 bridgehead atoms. The maximum atomic E-state index is 13.3. The fourth-order valence-electron chi connectivity index (χ4n) is 4.29. The molecule has 38 heavy (non-hydrogen) atoms. The number of aromatic nitrogens is 4. The second-order valence-corrected chi connectivity index (χ2v) is 9.09. The van der Waals surface area contributed by atoms with E-state index in [-0.39, 0.29) is 18.3 Å². The minimum atomic E-state index is -0.863. The van der Waals surface area contributed by atoms with Crippen molar-refractivity contribution in [3.63, 3.8) is 0 Å². The first kappa shape index (κ1) is 25.2. The molecule has 0 aliphatic carbocycles. The van der Waals surface area contributed by atoms with Gasteiger partial charge in [0.15, 0.2) is 17.4 Å². The number of hydrogen-bond donors (Lipinski definition) is 1. The quantitative estimate of drug-likeness (QED) is 0.353. The molecule has 5 rings (SSSR count). The zero-order chi connectivity index (χ0) is 26.6. The second kappa shape index (κ2) is 10.9. The number of hydroxylamine groups is 2. The lowest BCUT2D eigenvalue weighted by molar-refractivity contribution is -0.153. The lowest BCUT2D eigenvalue weighted by Crippen LogP contribution is -2.41. The van der Waals surface area contributed by atoms with Crippen molar-refractivity contribution in [1.82, 2.24) is 24.8 Å². The highest BCUT2D eigenvalue weighted by Gasteiger charge is 2.34. The highest BCUT2D eigenvalue weighted by molar-refractivity contribution is 5.94. The van der Waals surface area contributed by atoms with E-state index in [4.69, 9.17) is 14.0 Å². The van der Waals surface area contributed by atoms with Gasteiger partial charge in [0.1, 0.15) is 24.2 Å². The van der Waals surface area contributed by atoms with Gasteiger partial charge in [-0.25, -0.2) is 19.4 Å². The molecule has 1 atom stereocenters. The smallest absolute Gasteiger partial charge is 0.458 e. The van der Waals surface area contributed by atoms with Crippen LogP contribution in [0.4, 0.5) is 10.6 Å². The fourth-order valence-corrected chi connectivity index (χ4v) is 4.29. The molecule has 0 spiro atoms. The Bertz CT molecular complexity index is 1450. The number of aryl methyl sites for hydroxylation is 3. The Kier molecular flexibility index (Phi) is 7.18. The summed E-state index contributed by atoms with van der Waals surface area (Å²) in [5.74, 6) is 1.88. The minimum Gasteiger partial charge on any atom is -0.458 e. The predicted molar refractivity (Wildman–Crippen MR) is 137 cm³/mol. The molecule has 1 saturated heterocycles. The Hall–Kier alpha value is -4.51. The molecular weight excluding hydrogens is 488 g/mol. The summed E-state index contributed by atoms with van der Waals surface area (Å²) in [5, 5.41) is 8.71. The Morgan fingerprint density at radius 3 is 2.61 bits per heavy atom. The van der Waals surface area contributed by atoms with Crippen LogP contribution in [0.1, 0.15) is 35.6 Å². The van der Waals surface area contributed by atoms with Crippen molar-refractivity contribution in [1.29, 1.82) is 0 Å². The van der Waals surface area contributed by atoms with Gasteiger partial charge in [-0.3, -0.25) is 4.79 Å². The number of nitrogens with one attached hydrogen (secondary N) is 1. The van der Waals surface area contributed by atoms with Gasteiger partial charge >= 0.3 is 6.16 Å². The number of nitrogens with zero attached hydrogens (tertiary/aromatic N) is 5. The first-order valence-corrected chi connectivity index (χ1v) is 12.3. The maximum absolute atomic E-state index is 13.3. The Balaban J connectivity index is 1.32. The minimum absolute atomic E-state index is 0.0788. The lowest BCUT2D eigenvalue weighted by Gasteiger charge is -2.22. The molecule has 0 radical (unpaired) electrons. The van der Waals surface area contributed by atoms with E-state index in [1.165, 1.54) is 5.06 Å². The predicted octanol–water partition coefficient (Wildman–Crippen LogP) is 4.52. The summed E-state index contributed by atoms with van der Waals surface area (Å²) in [6.07, 6.45) is 0.331. The van der Waals surface area contributed by atoms with E-state index in [1.54, 1.807) is 16.8 Å². The molecule has 11 nitrogen and oxygen atoms in total. The molecule has 1 fully saturated rings. The zero-order valence-corrected chi connectivity index (χ0v) is 21.4. The number of anilines is 1. The second-order valence-electron chi connectivity index (χ2n) is 9.09. The number of ether oxygens (including phenoxy) is 1. The van der Waals surface area contributed by atoms with Crippen LogP contribution in [0, 0.1) is 20.8 Å². The Morgan fingerprint density at radius 1 is 1.08 bits per heavy atom. The van der Waals surface area contributed by atoms with Crippen LogP contribution >= 0.6 is 0 Å². The van der Waals surface area contributed by atoms with E-state index in [9.17, 15) is 9.59 Å². The summed E-state index contributed by atoms with van der Waals surface area (Å²) < 4.78 is 12.6. The Labute approximate surface area is 219 Å². The van der Waals surface area contributed by atoms with Crippen LogP contribution in [0.25, 0.3) is 17.4 Å². The van der Waals surface area contributed by atoms with E-state index in [2.05, 4.69) is 20.4 Å². The third kappa shape index (κ3) is 5.73. The van der Waals surface area contributed by atoms with Crippen molar-refractivity contribution in [2.75, 3.05) is 11.9 Å². The summed E-state index contributed by atoms with van der Waals surface area (Å²) in [5.41, 5.74) is 2.55. The fraction of sp³-hybridized carbons (Fsp3) is 0.296. The lowest BCUT2D eigenvalue weighted by atomic mass is 10.2. The van der Waals surface area contributed by atoms with Crippen molar-refractivity contribution in [3.05, 3.63) is 77.3 Å². The van der Waals surface area contributed by atoms with Crippen molar-refractivity contribution >= 4 is 17.9 Å². The number of carbonyl (C=O) groups is 2. The molecule has 1 N–H and O–H groups in total. The largest absolute Gasteiger partial charge is 0.528 e. The van der Waals surface area contributed by atoms with Gasteiger partial charge < -0.3 is 19.3 Å². The van der Waals surface area contributed by atoms with E-state index in [0.29, 0.717) is 42.5 Å². The van der Waals surface area contributed by atoms with E-state index >= 15 is 0 Å². The number of furan rings is 1. The van der Waals surface area contributed by atoms with Crippen LogP contribution in [0.2, 0.25) is 0 Å². The molecule has 1 unspecified atom stereocenters. The number of carbonyl (C=O) groups excluding carboxylic acids is 2. The topological polar surface area (TPSA) is 125 Å². The molecule has 3 aromatic heterocycles. The van der Waals surface area contributed by atoms with Crippen LogP contribution in [0.15, 0.2) is 59.0 Å². The number of rotatable bonds is 7. The van der Waals surface area contributed by atoms with Gasteiger partial charge in [0.2, 0.25) is 5.91 Å². The van der Waals surface area contributed by atoms with Crippen molar-refractivity contribution < 1.29 is 23.6 Å². The van der Waals surface area contributed by atoms with Gasteiger partial charge in [0.05, 0.1) is 5.69 Å². The van der Waals surface area contributed by atoms with Gasteiger partial charge in [0.25, 0.3) is 0 Å². The molecule has 4 heterocycles. The maximum Gasteiger partial charge on any atom is 0.528 e. The van der Waals surface area contributed by atoms with Crippen molar-refractivity contribution in [2.24, 2.45) is 0 Å². The number of amides is 1. The van der Waals surface area contributed by atoms with Crippen LogP contribution < -0.4 is 5.32 Å². The molecule has 1 aliphatic rings. The summed E-state index contributed by atoms with van der Waals surface area (Å²) in [6, 6.07) is 15.8.